The molecule has 3 aromatic carbocycles. The number of aryl methyl sites for hydroxylation is 2. The van der Waals surface area contributed by atoms with Gasteiger partial charge in [0.2, 0.25) is 0 Å². The molecule has 0 atom stereocenters. The average molecular weight is 559 g/mol. The van der Waals surface area contributed by atoms with Crippen LogP contribution in [0.2, 0.25) is 0 Å². The first kappa shape index (κ1) is 32.1. The smallest absolute Gasteiger partial charge is 0.333 e. The van der Waals surface area contributed by atoms with E-state index in [1.54, 1.807) is 6.92 Å². The number of aliphatic hydroxyl groups is 2. The molecule has 220 valence electrons. The van der Waals surface area contributed by atoms with Gasteiger partial charge >= 0.3 is 5.97 Å². The lowest BCUT2D eigenvalue weighted by atomic mass is 9.92. The van der Waals surface area contributed by atoms with Crippen LogP contribution in [0.5, 0.6) is 5.75 Å². The van der Waals surface area contributed by atoms with Gasteiger partial charge in [0.25, 0.3) is 0 Å². The highest BCUT2D eigenvalue weighted by atomic mass is 16.5. The second kappa shape index (κ2) is 16.8. The van der Waals surface area contributed by atoms with Crippen molar-refractivity contribution < 1.29 is 24.5 Å². The molecule has 0 saturated carbocycles. The molecule has 0 unspecified atom stereocenters. The summed E-state index contributed by atoms with van der Waals surface area (Å²) in [6.45, 7) is 10.1. The van der Waals surface area contributed by atoms with Crippen molar-refractivity contribution in [3.63, 3.8) is 0 Å². The lowest BCUT2D eigenvalue weighted by Crippen LogP contribution is -2.15. The maximum absolute atomic E-state index is 11.9. The third kappa shape index (κ3) is 9.58. The second-order valence-corrected chi connectivity index (χ2v) is 10.7. The maximum Gasteiger partial charge on any atom is 0.333 e. The molecule has 2 N–H and O–H groups in total. The maximum atomic E-state index is 11.9. The van der Waals surface area contributed by atoms with Crippen LogP contribution in [0.1, 0.15) is 63.1 Å². The van der Waals surface area contributed by atoms with Gasteiger partial charge in [-0.1, -0.05) is 81.8 Å². The van der Waals surface area contributed by atoms with E-state index in [2.05, 4.69) is 75.0 Å². The Labute approximate surface area is 245 Å². The molecule has 0 fully saturated rings. The molecule has 0 radical (unpaired) electrons. The summed E-state index contributed by atoms with van der Waals surface area (Å²) in [5.41, 5.74) is 8.63. The molecular weight excluding hydrogens is 512 g/mol. The Kier molecular flexibility index (Phi) is 13.1. The molecule has 5 heteroatoms. The van der Waals surface area contributed by atoms with Crippen molar-refractivity contribution in [1.29, 1.82) is 0 Å². The van der Waals surface area contributed by atoms with E-state index in [9.17, 15) is 15.0 Å². The third-order valence-electron chi connectivity index (χ3n) is 7.47. The first-order chi connectivity index (χ1) is 19.9. The first-order valence-corrected chi connectivity index (χ1v) is 14.9. The van der Waals surface area contributed by atoms with E-state index in [4.69, 9.17) is 9.47 Å². The van der Waals surface area contributed by atoms with Crippen LogP contribution >= 0.6 is 0 Å². The Morgan fingerprint density at radius 1 is 0.829 bits per heavy atom. The number of carbonyl (C=O) groups excluding carboxylic acids is 1. The summed E-state index contributed by atoms with van der Waals surface area (Å²) in [5, 5.41) is 18.8. The molecule has 0 saturated heterocycles. The zero-order valence-corrected chi connectivity index (χ0v) is 25.0. The fourth-order valence-corrected chi connectivity index (χ4v) is 4.83. The molecule has 0 heterocycles. The predicted octanol–water partition coefficient (Wildman–Crippen LogP) is 7.35. The Hall–Kier alpha value is -3.41. The van der Waals surface area contributed by atoms with Gasteiger partial charge in [-0.3, -0.25) is 0 Å². The van der Waals surface area contributed by atoms with Crippen molar-refractivity contribution in [2.24, 2.45) is 5.92 Å². The van der Waals surface area contributed by atoms with Gasteiger partial charge < -0.3 is 19.7 Å². The van der Waals surface area contributed by atoms with Crippen molar-refractivity contribution in [2.75, 3.05) is 26.4 Å². The second-order valence-electron chi connectivity index (χ2n) is 10.7. The van der Waals surface area contributed by atoms with Gasteiger partial charge in [-0.2, -0.15) is 0 Å². The van der Waals surface area contributed by atoms with Crippen molar-refractivity contribution >= 4 is 5.97 Å². The molecule has 0 amide bonds. The summed E-state index contributed by atoms with van der Waals surface area (Å²) in [7, 11) is 0. The summed E-state index contributed by atoms with van der Waals surface area (Å²) >= 11 is 0. The number of ether oxygens (including phenoxy) is 2. The normalized spacial score (nSPS) is 11.1. The van der Waals surface area contributed by atoms with E-state index in [0.717, 1.165) is 24.0 Å². The molecular formula is C36H46O5. The SMILES string of the molecule is C=C(C)C(=O)OCCc1cc(-c2ccc(-c3ccc(CCCCC)cc3)cc2CC)ccc1OCCC(CO)CO. The van der Waals surface area contributed by atoms with Gasteiger partial charge in [0, 0.05) is 31.1 Å². The number of esters is 1. The zero-order chi connectivity index (χ0) is 29.6. The highest BCUT2D eigenvalue weighted by Gasteiger charge is 2.13. The highest BCUT2D eigenvalue weighted by Crippen LogP contribution is 2.33. The summed E-state index contributed by atoms with van der Waals surface area (Å²) in [4.78, 5) is 11.9. The van der Waals surface area contributed by atoms with Crippen molar-refractivity contribution in [3.05, 3.63) is 89.5 Å². The number of carbonyl (C=O) groups is 1. The number of hydrogen-bond donors (Lipinski definition) is 2. The Morgan fingerprint density at radius 3 is 2.17 bits per heavy atom. The van der Waals surface area contributed by atoms with Gasteiger partial charge in [0.05, 0.1) is 13.2 Å². The summed E-state index contributed by atoms with van der Waals surface area (Å²) in [6.07, 6.45) is 6.80. The quantitative estimate of drug-likeness (QED) is 0.103. The standard InChI is InChI=1S/C36H46O5/c1-5-7-8-9-27-10-12-30(13-11-27)31-14-16-34(29(6-2)22-31)32-15-17-35(40-20-18-28(24-37)25-38)33(23-32)19-21-41-36(39)26(3)4/h10-17,22-23,28,37-38H,3,5-9,18-21,24-25H2,1-2,4H3. The molecule has 3 aromatic rings. The topological polar surface area (TPSA) is 76.0 Å². The van der Waals surface area contributed by atoms with Crippen molar-refractivity contribution in [1.82, 2.24) is 0 Å². The number of rotatable bonds is 17. The minimum Gasteiger partial charge on any atom is -0.493 e. The molecule has 41 heavy (non-hydrogen) atoms. The van der Waals surface area contributed by atoms with Gasteiger partial charge in [0.1, 0.15) is 5.75 Å². The van der Waals surface area contributed by atoms with E-state index in [1.165, 1.54) is 47.1 Å². The number of hydrogen-bond acceptors (Lipinski definition) is 5. The number of unbranched alkanes of at least 4 members (excludes halogenated alkanes) is 2. The largest absolute Gasteiger partial charge is 0.493 e. The Bertz CT molecular complexity index is 1260. The summed E-state index contributed by atoms with van der Waals surface area (Å²) in [6, 6.07) is 21.7. The fraction of sp³-hybridized carbons (Fsp3) is 0.417. The number of benzene rings is 3. The summed E-state index contributed by atoms with van der Waals surface area (Å²) < 4.78 is 11.4. The first-order valence-electron chi connectivity index (χ1n) is 14.9. The van der Waals surface area contributed by atoms with E-state index < -0.39 is 5.97 Å². The van der Waals surface area contributed by atoms with E-state index in [0.29, 0.717) is 30.8 Å². The van der Waals surface area contributed by atoms with E-state index in [-0.39, 0.29) is 25.7 Å². The lowest BCUT2D eigenvalue weighted by Gasteiger charge is -2.17. The molecule has 0 spiro atoms. The molecule has 0 aliphatic carbocycles. The molecule has 0 aromatic heterocycles. The van der Waals surface area contributed by atoms with Gasteiger partial charge in [-0.15, -0.1) is 0 Å². The minimum atomic E-state index is -0.407. The van der Waals surface area contributed by atoms with Gasteiger partial charge in [-0.05, 0) is 83.7 Å². The van der Waals surface area contributed by atoms with E-state index in [1.807, 2.05) is 6.07 Å². The van der Waals surface area contributed by atoms with Gasteiger partial charge in [-0.25, -0.2) is 4.79 Å². The van der Waals surface area contributed by atoms with Crippen LogP contribution in [0, 0.1) is 5.92 Å². The van der Waals surface area contributed by atoms with Crippen LogP contribution in [0.15, 0.2) is 72.8 Å². The molecule has 5 nitrogen and oxygen atoms in total. The van der Waals surface area contributed by atoms with Crippen LogP contribution < -0.4 is 4.74 Å². The fourth-order valence-electron chi connectivity index (χ4n) is 4.83. The summed E-state index contributed by atoms with van der Waals surface area (Å²) in [5.74, 6) is 0.0933. The van der Waals surface area contributed by atoms with Crippen molar-refractivity contribution in [2.45, 2.75) is 65.7 Å². The molecule has 0 aliphatic rings. The van der Waals surface area contributed by atoms with Crippen molar-refractivity contribution in [3.8, 4) is 28.0 Å². The molecule has 0 bridgehead atoms. The average Bonchev–Trinajstić information content (AvgIpc) is 3.00. The number of aliphatic hydroxyl groups excluding tert-OH is 2. The predicted molar refractivity (Wildman–Crippen MR) is 167 cm³/mol. The Balaban J connectivity index is 1.84. The van der Waals surface area contributed by atoms with Crippen LogP contribution in [0.4, 0.5) is 0 Å². The van der Waals surface area contributed by atoms with Crippen LogP contribution in [-0.4, -0.2) is 42.6 Å². The molecule has 3 rings (SSSR count). The van der Waals surface area contributed by atoms with E-state index >= 15 is 0 Å². The highest BCUT2D eigenvalue weighted by molar-refractivity contribution is 5.86. The third-order valence-corrected chi connectivity index (χ3v) is 7.47. The van der Waals surface area contributed by atoms with Crippen LogP contribution in [0.3, 0.4) is 0 Å². The zero-order valence-electron chi connectivity index (χ0n) is 25.0. The molecule has 0 aliphatic heterocycles. The Morgan fingerprint density at radius 2 is 1.51 bits per heavy atom. The van der Waals surface area contributed by atoms with Crippen LogP contribution in [-0.2, 0) is 28.8 Å². The van der Waals surface area contributed by atoms with Gasteiger partial charge in [0.15, 0.2) is 0 Å². The monoisotopic (exact) mass is 558 g/mol. The van der Waals surface area contributed by atoms with Crippen LogP contribution in [0.25, 0.3) is 22.3 Å². The lowest BCUT2D eigenvalue weighted by molar-refractivity contribution is -0.138. The minimum absolute atomic E-state index is 0.0819.